The highest BCUT2D eigenvalue weighted by atomic mass is 32.1. The van der Waals surface area contributed by atoms with Crippen molar-refractivity contribution in [2.45, 2.75) is 45.7 Å². The number of hydrogen-bond donors (Lipinski definition) is 1. The van der Waals surface area contributed by atoms with Crippen LogP contribution in [-0.4, -0.2) is 34.9 Å². The third-order valence-electron chi connectivity index (χ3n) is 3.30. The molecule has 0 aliphatic carbocycles. The van der Waals surface area contributed by atoms with Crippen LogP contribution in [0.1, 0.15) is 42.6 Å². The van der Waals surface area contributed by atoms with Gasteiger partial charge in [0.2, 0.25) is 5.91 Å². The van der Waals surface area contributed by atoms with Crippen LogP contribution in [0.2, 0.25) is 0 Å². The third-order valence-corrected chi connectivity index (χ3v) is 4.39. The van der Waals surface area contributed by atoms with Crippen molar-refractivity contribution >= 4 is 17.2 Å². The molecule has 18 heavy (non-hydrogen) atoms. The SMILES string of the molecule is Cc1cnc(C(C)NC(C)C(=O)N2CCCC2)s1. The first-order valence-electron chi connectivity index (χ1n) is 6.55. The van der Waals surface area contributed by atoms with Crippen LogP contribution in [0.3, 0.4) is 0 Å². The topological polar surface area (TPSA) is 45.2 Å². The molecule has 0 aromatic carbocycles. The van der Waals surface area contributed by atoms with Gasteiger partial charge in [-0.15, -0.1) is 11.3 Å². The van der Waals surface area contributed by atoms with Crippen molar-refractivity contribution in [1.82, 2.24) is 15.2 Å². The van der Waals surface area contributed by atoms with Crippen molar-refractivity contribution < 1.29 is 4.79 Å². The number of nitrogens with zero attached hydrogens (tertiary/aromatic N) is 2. The van der Waals surface area contributed by atoms with E-state index in [1.165, 1.54) is 4.88 Å². The van der Waals surface area contributed by atoms with Crippen LogP contribution in [0, 0.1) is 6.92 Å². The van der Waals surface area contributed by atoms with E-state index in [2.05, 4.69) is 17.2 Å². The maximum Gasteiger partial charge on any atom is 0.239 e. The van der Waals surface area contributed by atoms with E-state index in [1.807, 2.05) is 24.9 Å². The van der Waals surface area contributed by atoms with E-state index >= 15 is 0 Å². The summed E-state index contributed by atoms with van der Waals surface area (Å²) in [5.74, 6) is 0.215. The molecular formula is C13H21N3OS. The molecule has 1 aliphatic heterocycles. The first-order valence-corrected chi connectivity index (χ1v) is 7.36. The summed E-state index contributed by atoms with van der Waals surface area (Å²) in [6.07, 6.45) is 4.16. The van der Waals surface area contributed by atoms with E-state index in [1.54, 1.807) is 11.3 Å². The molecule has 1 saturated heterocycles. The van der Waals surface area contributed by atoms with Crippen LogP contribution < -0.4 is 5.32 Å². The molecule has 0 bridgehead atoms. The zero-order valence-corrected chi connectivity index (χ0v) is 12.1. The number of carbonyl (C=O) groups is 1. The third kappa shape index (κ3) is 3.09. The van der Waals surface area contributed by atoms with Gasteiger partial charge in [0, 0.05) is 24.2 Å². The van der Waals surface area contributed by atoms with Gasteiger partial charge in [-0.25, -0.2) is 4.98 Å². The van der Waals surface area contributed by atoms with E-state index in [-0.39, 0.29) is 18.0 Å². The number of carbonyl (C=O) groups excluding carboxylic acids is 1. The zero-order chi connectivity index (χ0) is 13.1. The van der Waals surface area contributed by atoms with Gasteiger partial charge in [0.05, 0.1) is 12.1 Å². The van der Waals surface area contributed by atoms with Gasteiger partial charge >= 0.3 is 0 Å². The Hall–Kier alpha value is -0.940. The lowest BCUT2D eigenvalue weighted by atomic mass is 10.2. The number of thiazole rings is 1. The summed E-state index contributed by atoms with van der Waals surface area (Å²) in [4.78, 5) is 19.7. The Morgan fingerprint density at radius 2 is 2.11 bits per heavy atom. The van der Waals surface area contributed by atoms with Crippen molar-refractivity contribution in [3.63, 3.8) is 0 Å². The summed E-state index contributed by atoms with van der Waals surface area (Å²) in [5, 5.41) is 4.39. The number of nitrogens with one attached hydrogen (secondary N) is 1. The van der Waals surface area contributed by atoms with Crippen molar-refractivity contribution in [3.8, 4) is 0 Å². The van der Waals surface area contributed by atoms with Gasteiger partial charge < -0.3 is 4.90 Å². The van der Waals surface area contributed by atoms with Gasteiger partial charge in [-0.3, -0.25) is 10.1 Å². The van der Waals surface area contributed by atoms with Crippen molar-refractivity contribution in [2.24, 2.45) is 0 Å². The molecule has 1 fully saturated rings. The summed E-state index contributed by atoms with van der Waals surface area (Å²) in [7, 11) is 0. The molecule has 100 valence electrons. The lowest BCUT2D eigenvalue weighted by Gasteiger charge is -2.23. The minimum atomic E-state index is -0.137. The maximum atomic E-state index is 12.2. The Morgan fingerprint density at radius 1 is 1.44 bits per heavy atom. The second kappa shape index (κ2) is 5.80. The van der Waals surface area contributed by atoms with Crippen LogP contribution in [0.4, 0.5) is 0 Å². The number of rotatable bonds is 4. The quantitative estimate of drug-likeness (QED) is 0.909. The number of aryl methyl sites for hydroxylation is 1. The van der Waals surface area contributed by atoms with E-state index in [4.69, 9.17) is 0 Å². The van der Waals surface area contributed by atoms with Gasteiger partial charge in [0.1, 0.15) is 5.01 Å². The van der Waals surface area contributed by atoms with Crippen molar-refractivity contribution in [2.75, 3.05) is 13.1 Å². The summed E-state index contributed by atoms with van der Waals surface area (Å²) >= 11 is 1.68. The number of hydrogen-bond acceptors (Lipinski definition) is 4. The molecule has 0 spiro atoms. The molecular weight excluding hydrogens is 246 g/mol. The number of amides is 1. The van der Waals surface area contributed by atoms with Gasteiger partial charge in [0.25, 0.3) is 0 Å². The van der Waals surface area contributed by atoms with Gasteiger partial charge in [-0.2, -0.15) is 0 Å². The summed E-state index contributed by atoms with van der Waals surface area (Å²) in [6, 6.07) is -0.00689. The Balaban J connectivity index is 1.90. The Morgan fingerprint density at radius 3 is 2.67 bits per heavy atom. The Kier molecular flexibility index (Phi) is 4.35. The maximum absolute atomic E-state index is 12.2. The van der Waals surface area contributed by atoms with Crippen LogP contribution in [0.5, 0.6) is 0 Å². The van der Waals surface area contributed by atoms with Crippen LogP contribution in [0.15, 0.2) is 6.20 Å². The molecule has 5 heteroatoms. The zero-order valence-electron chi connectivity index (χ0n) is 11.3. The average molecular weight is 267 g/mol. The molecule has 2 heterocycles. The van der Waals surface area contributed by atoms with E-state index < -0.39 is 0 Å². The minimum Gasteiger partial charge on any atom is -0.341 e. The fourth-order valence-corrected chi connectivity index (χ4v) is 3.09. The predicted octanol–water partition coefficient (Wildman–Crippen LogP) is 2.11. The highest BCUT2D eigenvalue weighted by molar-refractivity contribution is 7.11. The second-order valence-electron chi connectivity index (χ2n) is 4.95. The smallest absolute Gasteiger partial charge is 0.239 e. The average Bonchev–Trinajstić information content (AvgIpc) is 2.98. The van der Waals surface area contributed by atoms with Gasteiger partial charge in [0.15, 0.2) is 0 Å². The number of likely N-dealkylation sites (tertiary alicyclic amines) is 1. The van der Waals surface area contributed by atoms with Crippen LogP contribution in [0.25, 0.3) is 0 Å². The van der Waals surface area contributed by atoms with Gasteiger partial charge in [-0.1, -0.05) is 0 Å². The molecule has 0 saturated carbocycles. The molecule has 4 nitrogen and oxygen atoms in total. The minimum absolute atomic E-state index is 0.130. The highest BCUT2D eigenvalue weighted by Gasteiger charge is 2.24. The summed E-state index contributed by atoms with van der Waals surface area (Å²) in [5.41, 5.74) is 0. The molecule has 2 unspecified atom stereocenters. The van der Waals surface area contributed by atoms with E-state index in [0.717, 1.165) is 30.9 Å². The molecule has 2 rings (SSSR count). The predicted molar refractivity (Wildman–Crippen MR) is 73.7 cm³/mol. The van der Waals surface area contributed by atoms with Gasteiger partial charge in [-0.05, 0) is 33.6 Å². The standard InChI is InChI=1S/C13H21N3OS/c1-9-8-14-12(18-9)10(2)15-11(3)13(17)16-6-4-5-7-16/h8,10-11,15H,4-7H2,1-3H3. The summed E-state index contributed by atoms with van der Waals surface area (Å²) < 4.78 is 0. The molecule has 1 N–H and O–H groups in total. The molecule has 2 atom stereocenters. The largest absolute Gasteiger partial charge is 0.341 e. The Bertz CT molecular complexity index is 412. The van der Waals surface area contributed by atoms with Crippen LogP contribution >= 0.6 is 11.3 Å². The molecule has 0 radical (unpaired) electrons. The fraction of sp³-hybridized carbons (Fsp3) is 0.692. The lowest BCUT2D eigenvalue weighted by molar-refractivity contribution is -0.132. The normalized spacial score (nSPS) is 18.9. The summed E-state index contributed by atoms with van der Waals surface area (Å²) in [6.45, 7) is 7.88. The molecule has 1 aromatic heterocycles. The molecule has 1 aromatic rings. The molecule has 1 aliphatic rings. The van der Waals surface area contributed by atoms with Crippen molar-refractivity contribution in [3.05, 3.63) is 16.1 Å². The number of aromatic nitrogens is 1. The van der Waals surface area contributed by atoms with Crippen LogP contribution in [-0.2, 0) is 4.79 Å². The molecule has 1 amide bonds. The van der Waals surface area contributed by atoms with E-state index in [0.29, 0.717) is 0 Å². The second-order valence-corrected chi connectivity index (χ2v) is 6.22. The lowest BCUT2D eigenvalue weighted by Crippen LogP contribution is -2.44. The first kappa shape index (κ1) is 13.5. The monoisotopic (exact) mass is 267 g/mol. The Labute approximate surface area is 112 Å². The van der Waals surface area contributed by atoms with E-state index in [9.17, 15) is 4.79 Å². The fourth-order valence-electron chi connectivity index (χ4n) is 2.30. The van der Waals surface area contributed by atoms with Crippen molar-refractivity contribution in [1.29, 1.82) is 0 Å². The first-order chi connectivity index (χ1) is 8.58. The highest BCUT2D eigenvalue weighted by Crippen LogP contribution is 2.20.